The predicted octanol–water partition coefficient (Wildman–Crippen LogP) is 6.09. The molecular formula is C17H26BrN. The molecule has 1 nitrogen and oxygen atoms in total. The Morgan fingerprint density at radius 3 is 2.00 bits per heavy atom. The van der Waals surface area contributed by atoms with Crippen LogP contribution in [0.1, 0.15) is 52.7 Å². The molecule has 0 amide bonds. The van der Waals surface area contributed by atoms with Crippen molar-refractivity contribution in [3.8, 4) is 0 Å². The summed E-state index contributed by atoms with van der Waals surface area (Å²) in [6.45, 7) is 16.6. The summed E-state index contributed by atoms with van der Waals surface area (Å²) in [5, 5.41) is 0.879. The van der Waals surface area contributed by atoms with Crippen molar-refractivity contribution in [2.75, 3.05) is 0 Å². The van der Waals surface area contributed by atoms with E-state index in [9.17, 15) is 0 Å². The molecule has 19 heavy (non-hydrogen) atoms. The molecule has 0 heterocycles. The molecule has 0 saturated carbocycles. The molecule has 0 unspecified atom stereocenters. The summed E-state index contributed by atoms with van der Waals surface area (Å²) in [7, 11) is 0. The van der Waals surface area contributed by atoms with Crippen LogP contribution in [0.2, 0.25) is 0 Å². The van der Waals surface area contributed by atoms with Gasteiger partial charge < -0.3 is 0 Å². The Hall–Kier alpha value is -0.890. The van der Waals surface area contributed by atoms with Crippen LogP contribution >= 0.6 is 15.9 Å². The molecule has 0 atom stereocenters. The average Bonchev–Trinajstić information content (AvgIpc) is 2.40. The first-order valence-corrected chi connectivity index (χ1v) is 7.86. The molecule has 1 rings (SSSR count). The SMILES string of the molecule is C=C(N=C(C)C(C)(C)C)c1ccc(CBr)cc1.CC. The number of benzene rings is 1. The van der Waals surface area contributed by atoms with Crippen LogP contribution in [-0.4, -0.2) is 5.71 Å². The summed E-state index contributed by atoms with van der Waals surface area (Å²) in [5.41, 5.74) is 4.38. The van der Waals surface area contributed by atoms with Crippen molar-refractivity contribution < 1.29 is 0 Å². The third kappa shape index (κ3) is 6.20. The van der Waals surface area contributed by atoms with Crippen molar-refractivity contribution in [1.29, 1.82) is 0 Å². The standard InChI is InChI=1S/C15H20BrN.C2H6/c1-11(17-12(2)15(3,4)5)14-8-6-13(10-16)7-9-14;1-2/h6-9H,1,10H2,2-5H3;1-2H3. The third-order valence-electron chi connectivity index (χ3n) is 2.83. The first-order chi connectivity index (χ1) is 8.84. The van der Waals surface area contributed by atoms with Crippen molar-refractivity contribution in [2.24, 2.45) is 10.4 Å². The zero-order chi connectivity index (χ0) is 15.1. The first-order valence-electron chi connectivity index (χ1n) is 6.74. The van der Waals surface area contributed by atoms with Crippen LogP contribution in [0.5, 0.6) is 0 Å². The number of hydrogen-bond acceptors (Lipinski definition) is 1. The first kappa shape index (κ1) is 18.1. The molecule has 0 N–H and O–H groups in total. The highest BCUT2D eigenvalue weighted by molar-refractivity contribution is 9.08. The Kier molecular flexibility index (Phi) is 7.93. The number of rotatable bonds is 3. The van der Waals surface area contributed by atoms with Crippen molar-refractivity contribution in [1.82, 2.24) is 0 Å². The van der Waals surface area contributed by atoms with E-state index < -0.39 is 0 Å². The summed E-state index contributed by atoms with van der Waals surface area (Å²) in [4.78, 5) is 4.58. The number of aliphatic imine (C=N–C) groups is 1. The van der Waals surface area contributed by atoms with Gasteiger partial charge in [-0.25, -0.2) is 0 Å². The maximum atomic E-state index is 4.58. The van der Waals surface area contributed by atoms with Crippen LogP contribution in [0.25, 0.3) is 5.70 Å². The lowest BCUT2D eigenvalue weighted by molar-refractivity contribution is 0.588. The van der Waals surface area contributed by atoms with Gasteiger partial charge >= 0.3 is 0 Å². The molecule has 1 aromatic rings. The van der Waals surface area contributed by atoms with E-state index in [4.69, 9.17) is 0 Å². The molecule has 2 heteroatoms. The van der Waals surface area contributed by atoms with E-state index in [-0.39, 0.29) is 5.41 Å². The Morgan fingerprint density at radius 2 is 1.63 bits per heavy atom. The molecular weight excluding hydrogens is 298 g/mol. The number of alkyl halides is 1. The van der Waals surface area contributed by atoms with E-state index in [0.717, 1.165) is 22.3 Å². The molecule has 0 aromatic heterocycles. The molecule has 0 aliphatic rings. The number of hydrogen-bond donors (Lipinski definition) is 0. The highest BCUT2D eigenvalue weighted by Crippen LogP contribution is 2.21. The fourth-order valence-electron chi connectivity index (χ4n) is 1.22. The van der Waals surface area contributed by atoms with Crippen molar-refractivity contribution in [3.05, 3.63) is 42.0 Å². The van der Waals surface area contributed by atoms with Gasteiger partial charge in [0.1, 0.15) is 0 Å². The third-order valence-corrected chi connectivity index (χ3v) is 3.48. The van der Waals surface area contributed by atoms with Gasteiger partial charge in [-0.1, -0.05) is 81.4 Å². The second kappa shape index (κ2) is 8.31. The minimum atomic E-state index is 0.0960. The van der Waals surface area contributed by atoms with E-state index in [0.29, 0.717) is 0 Å². The van der Waals surface area contributed by atoms with E-state index in [2.05, 4.69) is 79.5 Å². The predicted molar refractivity (Wildman–Crippen MR) is 92.0 cm³/mol. The van der Waals surface area contributed by atoms with Crippen molar-refractivity contribution in [2.45, 2.75) is 46.9 Å². The highest BCUT2D eigenvalue weighted by Gasteiger charge is 2.14. The van der Waals surface area contributed by atoms with Crippen LogP contribution in [0.3, 0.4) is 0 Å². The van der Waals surface area contributed by atoms with Gasteiger partial charge in [-0.15, -0.1) is 0 Å². The molecule has 0 spiro atoms. The quantitative estimate of drug-likeness (QED) is 0.471. The number of halogens is 1. The van der Waals surface area contributed by atoms with Gasteiger partial charge in [0.25, 0.3) is 0 Å². The fraction of sp³-hybridized carbons (Fsp3) is 0.471. The second-order valence-corrected chi connectivity index (χ2v) is 5.79. The van der Waals surface area contributed by atoms with Gasteiger partial charge in [0, 0.05) is 11.0 Å². The second-order valence-electron chi connectivity index (χ2n) is 5.22. The van der Waals surface area contributed by atoms with Gasteiger partial charge in [-0.3, -0.25) is 4.99 Å². The molecule has 0 aliphatic carbocycles. The zero-order valence-electron chi connectivity index (χ0n) is 13.0. The van der Waals surface area contributed by atoms with Gasteiger partial charge in [-0.2, -0.15) is 0 Å². The fourth-order valence-corrected chi connectivity index (χ4v) is 1.59. The molecule has 1 aromatic carbocycles. The molecule has 0 saturated heterocycles. The van der Waals surface area contributed by atoms with Crippen molar-refractivity contribution >= 4 is 27.3 Å². The Morgan fingerprint density at radius 1 is 1.16 bits per heavy atom. The Bertz CT molecular complexity index is 422. The topological polar surface area (TPSA) is 12.4 Å². The summed E-state index contributed by atoms with van der Waals surface area (Å²) in [6.07, 6.45) is 0. The molecule has 0 aliphatic heterocycles. The summed E-state index contributed by atoms with van der Waals surface area (Å²) in [6, 6.07) is 8.32. The lowest BCUT2D eigenvalue weighted by atomic mass is 9.91. The average molecular weight is 324 g/mol. The van der Waals surface area contributed by atoms with Gasteiger partial charge in [0.05, 0.1) is 5.70 Å². The highest BCUT2D eigenvalue weighted by atomic mass is 79.9. The zero-order valence-corrected chi connectivity index (χ0v) is 14.6. The Balaban J connectivity index is 0.00000154. The minimum absolute atomic E-state index is 0.0960. The van der Waals surface area contributed by atoms with Crippen LogP contribution in [0, 0.1) is 5.41 Å². The molecule has 106 valence electrons. The van der Waals surface area contributed by atoms with E-state index in [1.54, 1.807) is 0 Å². The van der Waals surface area contributed by atoms with Crippen LogP contribution in [0.15, 0.2) is 35.8 Å². The summed E-state index contributed by atoms with van der Waals surface area (Å²) < 4.78 is 0. The van der Waals surface area contributed by atoms with Crippen LogP contribution < -0.4 is 0 Å². The maximum absolute atomic E-state index is 4.58. The van der Waals surface area contributed by atoms with Gasteiger partial charge in [-0.05, 0) is 23.5 Å². The largest absolute Gasteiger partial charge is 0.258 e. The Labute approximate surface area is 127 Å². The smallest absolute Gasteiger partial charge is 0.0629 e. The normalized spacial score (nSPS) is 11.6. The number of nitrogens with zero attached hydrogens (tertiary/aromatic N) is 1. The minimum Gasteiger partial charge on any atom is -0.258 e. The van der Waals surface area contributed by atoms with E-state index in [1.807, 2.05) is 13.8 Å². The lowest BCUT2D eigenvalue weighted by Gasteiger charge is -2.18. The summed E-state index contributed by atoms with van der Waals surface area (Å²) in [5.74, 6) is 0. The van der Waals surface area contributed by atoms with Crippen LogP contribution in [0.4, 0.5) is 0 Å². The summed E-state index contributed by atoms with van der Waals surface area (Å²) >= 11 is 3.44. The van der Waals surface area contributed by atoms with E-state index in [1.165, 1.54) is 5.56 Å². The van der Waals surface area contributed by atoms with Crippen molar-refractivity contribution in [3.63, 3.8) is 0 Å². The van der Waals surface area contributed by atoms with E-state index >= 15 is 0 Å². The molecule has 0 bridgehead atoms. The monoisotopic (exact) mass is 323 g/mol. The molecule has 0 radical (unpaired) electrons. The maximum Gasteiger partial charge on any atom is 0.0629 e. The lowest BCUT2D eigenvalue weighted by Crippen LogP contribution is -2.16. The molecule has 0 fully saturated rings. The van der Waals surface area contributed by atoms with Gasteiger partial charge in [0.2, 0.25) is 0 Å². The van der Waals surface area contributed by atoms with Crippen LogP contribution in [-0.2, 0) is 5.33 Å². The van der Waals surface area contributed by atoms with Gasteiger partial charge in [0.15, 0.2) is 0 Å².